The Hall–Kier alpha value is -1.74. The van der Waals surface area contributed by atoms with Crippen molar-refractivity contribution in [2.24, 2.45) is 11.8 Å². The molecule has 4 heteroatoms. The number of hydrogen-bond donors (Lipinski definition) is 2. The normalized spacial score (nSPS) is 24.4. The van der Waals surface area contributed by atoms with Crippen molar-refractivity contribution in [3.8, 4) is 0 Å². The third kappa shape index (κ3) is 2.73. The first kappa shape index (κ1) is 13.3. The number of fused-ring (bicyclic) bond motifs is 1. The molecule has 0 bridgehead atoms. The van der Waals surface area contributed by atoms with Crippen LogP contribution in [0.4, 0.5) is 5.69 Å². The number of rotatable bonds is 2. The molecule has 2 unspecified atom stereocenters. The van der Waals surface area contributed by atoms with E-state index in [0.29, 0.717) is 23.2 Å². The number of carbonyl (C=O) groups is 1. The van der Waals surface area contributed by atoms with Gasteiger partial charge in [0.15, 0.2) is 0 Å². The third-order valence-electron chi connectivity index (χ3n) is 3.90. The van der Waals surface area contributed by atoms with Crippen LogP contribution in [0, 0.1) is 11.8 Å². The Kier molecular flexibility index (Phi) is 3.79. The van der Waals surface area contributed by atoms with Gasteiger partial charge in [0.2, 0.25) is 5.91 Å². The van der Waals surface area contributed by atoms with Crippen LogP contribution in [-0.2, 0) is 4.79 Å². The molecular formula is C16H17ClN2O. The average molecular weight is 289 g/mol. The van der Waals surface area contributed by atoms with Gasteiger partial charge in [-0.2, -0.15) is 0 Å². The lowest BCUT2D eigenvalue weighted by Crippen LogP contribution is -2.40. The minimum absolute atomic E-state index is 0.0140. The van der Waals surface area contributed by atoms with E-state index in [1.807, 2.05) is 18.2 Å². The van der Waals surface area contributed by atoms with Crippen LogP contribution in [0.15, 0.2) is 48.2 Å². The first-order chi connectivity index (χ1) is 9.74. The van der Waals surface area contributed by atoms with Crippen molar-refractivity contribution < 1.29 is 4.79 Å². The Morgan fingerprint density at radius 2 is 2.20 bits per heavy atom. The molecule has 1 aliphatic heterocycles. The molecule has 2 N–H and O–H groups in total. The molecule has 1 saturated heterocycles. The SMILES string of the molecule is O=C(Nc1ccccc1Cl)C1CNC2=CC=CCC2C1. The van der Waals surface area contributed by atoms with Crippen LogP contribution >= 0.6 is 11.6 Å². The highest BCUT2D eigenvalue weighted by Gasteiger charge is 2.30. The van der Waals surface area contributed by atoms with E-state index in [2.05, 4.69) is 28.9 Å². The number of nitrogens with one attached hydrogen (secondary N) is 2. The molecule has 0 radical (unpaired) electrons. The molecule has 0 saturated carbocycles. The van der Waals surface area contributed by atoms with Gasteiger partial charge in [-0.15, -0.1) is 0 Å². The molecule has 1 aromatic carbocycles. The minimum atomic E-state index is -0.0140. The Balaban J connectivity index is 1.65. The van der Waals surface area contributed by atoms with Gasteiger partial charge in [0.25, 0.3) is 0 Å². The summed E-state index contributed by atoms with van der Waals surface area (Å²) < 4.78 is 0. The van der Waals surface area contributed by atoms with Crippen LogP contribution in [0.5, 0.6) is 0 Å². The monoisotopic (exact) mass is 288 g/mol. The number of para-hydroxylation sites is 1. The average Bonchev–Trinajstić information content (AvgIpc) is 2.49. The quantitative estimate of drug-likeness (QED) is 0.876. The second kappa shape index (κ2) is 5.71. The molecule has 1 fully saturated rings. The predicted octanol–water partition coefficient (Wildman–Crippen LogP) is 3.35. The summed E-state index contributed by atoms with van der Waals surface area (Å²) in [7, 11) is 0. The van der Waals surface area contributed by atoms with Crippen LogP contribution in [0.2, 0.25) is 5.02 Å². The molecule has 1 aliphatic carbocycles. The van der Waals surface area contributed by atoms with Crippen molar-refractivity contribution in [3.05, 3.63) is 53.2 Å². The van der Waals surface area contributed by atoms with Crippen molar-refractivity contribution >= 4 is 23.2 Å². The summed E-state index contributed by atoms with van der Waals surface area (Å²) >= 11 is 6.07. The van der Waals surface area contributed by atoms with Crippen LogP contribution in [-0.4, -0.2) is 12.5 Å². The minimum Gasteiger partial charge on any atom is -0.387 e. The molecule has 20 heavy (non-hydrogen) atoms. The molecule has 104 valence electrons. The standard InChI is InChI=1S/C16H17ClN2O/c17-13-6-2-4-8-15(13)19-16(20)12-9-11-5-1-3-7-14(11)18-10-12/h1-4,6-8,11-12,18H,5,9-10H2,(H,19,20). The number of halogens is 1. The molecule has 3 rings (SSSR count). The Bertz CT molecular complexity index is 580. The van der Waals surface area contributed by atoms with Crippen molar-refractivity contribution in [2.45, 2.75) is 12.8 Å². The number of anilines is 1. The van der Waals surface area contributed by atoms with Gasteiger partial charge in [-0.3, -0.25) is 4.79 Å². The highest BCUT2D eigenvalue weighted by atomic mass is 35.5. The number of amides is 1. The summed E-state index contributed by atoms with van der Waals surface area (Å²) in [5, 5.41) is 6.87. The maximum atomic E-state index is 12.3. The van der Waals surface area contributed by atoms with Crippen molar-refractivity contribution in [2.75, 3.05) is 11.9 Å². The summed E-state index contributed by atoms with van der Waals surface area (Å²) in [5.41, 5.74) is 1.94. The summed E-state index contributed by atoms with van der Waals surface area (Å²) in [4.78, 5) is 12.3. The smallest absolute Gasteiger partial charge is 0.229 e. The summed E-state index contributed by atoms with van der Waals surface area (Å²) in [6.07, 6.45) is 8.23. The zero-order valence-corrected chi connectivity index (χ0v) is 11.9. The molecule has 1 heterocycles. The van der Waals surface area contributed by atoms with Crippen molar-refractivity contribution in [1.82, 2.24) is 5.32 Å². The maximum absolute atomic E-state index is 12.3. The lowest BCUT2D eigenvalue weighted by atomic mass is 9.83. The van der Waals surface area contributed by atoms with E-state index < -0.39 is 0 Å². The zero-order valence-electron chi connectivity index (χ0n) is 11.1. The van der Waals surface area contributed by atoms with Gasteiger partial charge in [0, 0.05) is 18.2 Å². The van der Waals surface area contributed by atoms with E-state index in [0.717, 1.165) is 12.8 Å². The largest absolute Gasteiger partial charge is 0.387 e. The number of piperidine rings is 1. The van der Waals surface area contributed by atoms with Crippen molar-refractivity contribution in [1.29, 1.82) is 0 Å². The van der Waals surface area contributed by atoms with E-state index in [4.69, 9.17) is 11.6 Å². The first-order valence-corrected chi connectivity index (χ1v) is 7.28. The van der Waals surface area contributed by atoms with Gasteiger partial charge in [-0.1, -0.05) is 35.9 Å². The molecular weight excluding hydrogens is 272 g/mol. The van der Waals surface area contributed by atoms with Gasteiger partial charge in [-0.05, 0) is 31.1 Å². The van der Waals surface area contributed by atoms with Crippen LogP contribution < -0.4 is 10.6 Å². The summed E-state index contributed by atoms with van der Waals surface area (Å²) in [5.74, 6) is 0.467. The summed E-state index contributed by atoms with van der Waals surface area (Å²) in [6.45, 7) is 0.687. The molecule has 2 atom stereocenters. The lowest BCUT2D eigenvalue weighted by Gasteiger charge is -2.33. The van der Waals surface area contributed by atoms with Crippen molar-refractivity contribution in [3.63, 3.8) is 0 Å². The molecule has 1 aromatic rings. The molecule has 0 spiro atoms. The van der Waals surface area contributed by atoms with Crippen LogP contribution in [0.1, 0.15) is 12.8 Å². The lowest BCUT2D eigenvalue weighted by molar-refractivity contribution is -0.120. The fraction of sp³-hybridized carbons (Fsp3) is 0.312. The van der Waals surface area contributed by atoms with E-state index >= 15 is 0 Å². The molecule has 0 aromatic heterocycles. The molecule has 2 aliphatic rings. The second-order valence-electron chi connectivity index (χ2n) is 5.27. The van der Waals surface area contributed by atoms with Gasteiger partial charge in [0.1, 0.15) is 0 Å². The number of allylic oxidation sites excluding steroid dienone is 4. The molecule has 3 nitrogen and oxygen atoms in total. The second-order valence-corrected chi connectivity index (χ2v) is 5.67. The van der Waals surface area contributed by atoms with E-state index in [9.17, 15) is 4.79 Å². The number of benzene rings is 1. The van der Waals surface area contributed by atoms with Gasteiger partial charge >= 0.3 is 0 Å². The Morgan fingerprint density at radius 1 is 1.35 bits per heavy atom. The van der Waals surface area contributed by atoms with E-state index in [1.54, 1.807) is 6.07 Å². The predicted molar refractivity (Wildman–Crippen MR) is 81.5 cm³/mol. The van der Waals surface area contributed by atoms with Crippen LogP contribution in [0.3, 0.4) is 0 Å². The number of carbonyl (C=O) groups excluding carboxylic acids is 1. The fourth-order valence-electron chi connectivity index (χ4n) is 2.77. The third-order valence-corrected chi connectivity index (χ3v) is 4.23. The topological polar surface area (TPSA) is 41.1 Å². The molecule has 1 amide bonds. The maximum Gasteiger partial charge on any atom is 0.229 e. The van der Waals surface area contributed by atoms with Gasteiger partial charge in [0.05, 0.1) is 16.6 Å². The van der Waals surface area contributed by atoms with E-state index in [-0.39, 0.29) is 11.8 Å². The highest BCUT2D eigenvalue weighted by Crippen LogP contribution is 2.30. The first-order valence-electron chi connectivity index (χ1n) is 6.90. The Labute approximate surface area is 123 Å². The Morgan fingerprint density at radius 3 is 3.05 bits per heavy atom. The zero-order chi connectivity index (χ0) is 13.9. The number of hydrogen-bond acceptors (Lipinski definition) is 2. The fourth-order valence-corrected chi connectivity index (χ4v) is 2.95. The highest BCUT2D eigenvalue weighted by molar-refractivity contribution is 6.33. The van der Waals surface area contributed by atoms with Crippen LogP contribution in [0.25, 0.3) is 0 Å². The summed E-state index contributed by atoms with van der Waals surface area (Å²) in [6, 6.07) is 7.33. The van der Waals surface area contributed by atoms with Gasteiger partial charge in [-0.25, -0.2) is 0 Å². The van der Waals surface area contributed by atoms with E-state index in [1.165, 1.54) is 5.70 Å². The van der Waals surface area contributed by atoms with Gasteiger partial charge < -0.3 is 10.6 Å².